The van der Waals surface area contributed by atoms with E-state index in [4.69, 9.17) is 5.11 Å². The van der Waals surface area contributed by atoms with Crippen molar-refractivity contribution in [3.8, 4) is 0 Å². The van der Waals surface area contributed by atoms with E-state index in [1.165, 1.54) is 6.07 Å². The van der Waals surface area contributed by atoms with Crippen molar-refractivity contribution in [1.82, 2.24) is 4.90 Å². The molecule has 1 aliphatic rings. The molecule has 0 bridgehead atoms. The highest BCUT2D eigenvalue weighted by Gasteiger charge is 2.33. The largest absolute Gasteiger partial charge is 0.478 e. The second-order valence-electron chi connectivity index (χ2n) is 5.48. The van der Waals surface area contributed by atoms with E-state index in [2.05, 4.69) is 27.8 Å². The van der Waals surface area contributed by atoms with Crippen LogP contribution in [0.1, 0.15) is 17.3 Å². The summed E-state index contributed by atoms with van der Waals surface area (Å²) in [4.78, 5) is 15.1. The zero-order valence-electron chi connectivity index (χ0n) is 11.7. The fourth-order valence-electron chi connectivity index (χ4n) is 2.77. The van der Waals surface area contributed by atoms with Gasteiger partial charge in [-0.05, 0) is 48.1 Å². The van der Waals surface area contributed by atoms with Gasteiger partial charge in [-0.3, -0.25) is 0 Å². The van der Waals surface area contributed by atoms with Crippen LogP contribution in [-0.4, -0.2) is 49.2 Å². The van der Waals surface area contributed by atoms with Crippen molar-refractivity contribution in [2.75, 3.05) is 32.1 Å². The summed E-state index contributed by atoms with van der Waals surface area (Å²) in [7, 11) is 4.04. The van der Waals surface area contributed by atoms with Crippen LogP contribution in [0.2, 0.25) is 0 Å². The standard InChI is InChI=1S/C14H18BrFN2O2/c1-8-6-18(7-11(8)17(2)3)10-5-4-9(14(19)20)12(15)13(10)16/h4-5,8,11H,6-7H2,1-3H3,(H,19,20). The normalized spacial score (nSPS) is 22.6. The molecular formula is C14H18BrFN2O2. The van der Waals surface area contributed by atoms with Crippen LogP contribution in [0.15, 0.2) is 16.6 Å². The molecule has 6 heteroatoms. The lowest BCUT2D eigenvalue weighted by Crippen LogP contribution is -2.34. The third-order valence-corrected chi connectivity index (χ3v) is 4.64. The molecule has 0 amide bonds. The number of hydrogen-bond acceptors (Lipinski definition) is 3. The smallest absolute Gasteiger partial charge is 0.336 e. The number of rotatable bonds is 3. The van der Waals surface area contributed by atoms with Crippen molar-refractivity contribution < 1.29 is 14.3 Å². The summed E-state index contributed by atoms with van der Waals surface area (Å²) in [6, 6.07) is 3.36. The van der Waals surface area contributed by atoms with Crippen LogP contribution < -0.4 is 4.90 Å². The second kappa shape index (κ2) is 5.69. The predicted octanol–water partition coefficient (Wildman–Crippen LogP) is 2.67. The maximum absolute atomic E-state index is 14.4. The number of aromatic carboxylic acids is 1. The fraction of sp³-hybridized carbons (Fsp3) is 0.500. The van der Waals surface area contributed by atoms with Gasteiger partial charge in [0.25, 0.3) is 0 Å². The number of anilines is 1. The Morgan fingerprint density at radius 3 is 2.60 bits per heavy atom. The van der Waals surface area contributed by atoms with E-state index in [0.717, 1.165) is 13.1 Å². The Bertz CT molecular complexity index is 536. The molecular weight excluding hydrogens is 327 g/mol. The van der Waals surface area contributed by atoms with Crippen LogP contribution in [0.3, 0.4) is 0 Å². The molecule has 0 aliphatic carbocycles. The first-order valence-electron chi connectivity index (χ1n) is 6.45. The molecule has 1 saturated heterocycles. The molecule has 1 fully saturated rings. The van der Waals surface area contributed by atoms with Crippen molar-refractivity contribution in [2.45, 2.75) is 13.0 Å². The van der Waals surface area contributed by atoms with Crippen molar-refractivity contribution in [3.63, 3.8) is 0 Å². The molecule has 110 valence electrons. The number of likely N-dealkylation sites (N-methyl/N-ethyl adjacent to an activating group) is 1. The molecule has 1 aromatic carbocycles. The zero-order chi connectivity index (χ0) is 15.0. The van der Waals surface area contributed by atoms with Gasteiger partial charge in [0.05, 0.1) is 15.7 Å². The minimum absolute atomic E-state index is 0.0171. The molecule has 2 unspecified atom stereocenters. The Morgan fingerprint density at radius 1 is 1.45 bits per heavy atom. The monoisotopic (exact) mass is 344 g/mol. The maximum Gasteiger partial charge on any atom is 0.336 e. The summed E-state index contributed by atoms with van der Waals surface area (Å²) < 4.78 is 14.4. The fourth-order valence-corrected chi connectivity index (χ4v) is 3.27. The second-order valence-corrected chi connectivity index (χ2v) is 6.27. The molecule has 20 heavy (non-hydrogen) atoms. The highest BCUT2D eigenvalue weighted by Crippen LogP contribution is 2.33. The van der Waals surface area contributed by atoms with Gasteiger partial charge in [0.1, 0.15) is 0 Å². The number of carboxylic acids is 1. The Labute approximate surface area is 126 Å². The zero-order valence-corrected chi connectivity index (χ0v) is 13.3. The van der Waals surface area contributed by atoms with E-state index in [9.17, 15) is 9.18 Å². The average Bonchev–Trinajstić information content (AvgIpc) is 2.74. The predicted molar refractivity (Wildman–Crippen MR) is 79.9 cm³/mol. The van der Waals surface area contributed by atoms with Gasteiger partial charge < -0.3 is 14.9 Å². The third-order valence-electron chi connectivity index (χ3n) is 3.87. The Morgan fingerprint density at radius 2 is 2.10 bits per heavy atom. The van der Waals surface area contributed by atoms with Gasteiger partial charge in [0.2, 0.25) is 0 Å². The summed E-state index contributed by atoms with van der Waals surface area (Å²) in [6.07, 6.45) is 0. The molecule has 0 aromatic heterocycles. The van der Waals surface area contributed by atoms with E-state index in [1.54, 1.807) is 6.07 Å². The minimum Gasteiger partial charge on any atom is -0.478 e. The van der Waals surface area contributed by atoms with Crippen molar-refractivity contribution in [3.05, 3.63) is 28.0 Å². The van der Waals surface area contributed by atoms with E-state index in [0.29, 0.717) is 17.6 Å². The van der Waals surface area contributed by atoms with Crippen LogP contribution in [0, 0.1) is 11.7 Å². The van der Waals surface area contributed by atoms with Gasteiger partial charge in [0, 0.05) is 19.1 Å². The Hall–Kier alpha value is -1.14. The highest BCUT2D eigenvalue weighted by molar-refractivity contribution is 9.10. The number of carbonyl (C=O) groups is 1. The lowest BCUT2D eigenvalue weighted by molar-refractivity contribution is 0.0695. The first-order chi connectivity index (χ1) is 9.32. The number of benzene rings is 1. The third kappa shape index (κ3) is 2.67. The Balaban J connectivity index is 2.31. The topological polar surface area (TPSA) is 43.8 Å². The van der Waals surface area contributed by atoms with Crippen LogP contribution >= 0.6 is 15.9 Å². The summed E-state index contributed by atoms with van der Waals surface area (Å²) in [5.41, 5.74) is 0.403. The molecule has 0 radical (unpaired) electrons. The molecule has 1 aromatic rings. The van der Waals surface area contributed by atoms with E-state index >= 15 is 0 Å². The van der Waals surface area contributed by atoms with E-state index in [-0.39, 0.29) is 10.0 Å². The molecule has 1 heterocycles. The lowest BCUT2D eigenvalue weighted by Gasteiger charge is -2.23. The van der Waals surface area contributed by atoms with Gasteiger partial charge in [-0.1, -0.05) is 6.92 Å². The molecule has 4 nitrogen and oxygen atoms in total. The first kappa shape index (κ1) is 15.3. The van der Waals surface area contributed by atoms with Gasteiger partial charge in [-0.25, -0.2) is 9.18 Å². The number of halogens is 2. The molecule has 0 spiro atoms. The summed E-state index contributed by atoms with van der Waals surface area (Å²) in [5.74, 6) is -1.21. The van der Waals surface area contributed by atoms with Gasteiger partial charge in [-0.15, -0.1) is 0 Å². The van der Waals surface area contributed by atoms with Crippen LogP contribution in [-0.2, 0) is 0 Å². The quantitative estimate of drug-likeness (QED) is 0.915. The SMILES string of the molecule is CC1CN(c2ccc(C(=O)O)c(Br)c2F)CC1N(C)C. The number of hydrogen-bond donors (Lipinski definition) is 1. The summed E-state index contributed by atoms with van der Waals surface area (Å²) >= 11 is 3.04. The number of carboxylic acid groups (broad SMARTS) is 1. The summed E-state index contributed by atoms with van der Waals surface area (Å²) in [5, 5.41) is 8.99. The summed E-state index contributed by atoms with van der Waals surface area (Å²) in [6.45, 7) is 3.64. The van der Waals surface area contributed by atoms with Crippen molar-refractivity contribution in [1.29, 1.82) is 0 Å². The van der Waals surface area contributed by atoms with E-state index in [1.807, 2.05) is 19.0 Å². The van der Waals surface area contributed by atoms with Crippen LogP contribution in [0.4, 0.5) is 10.1 Å². The first-order valence-corrected chi connectivity index (χ1v) is 7.25. The highest BCUT2D eigenvalue weighted by atomic mass is 79.9. The molecule has 2 rings (SSSR count). The average molecular weight is 345 g/mol. The Kier molecular flexibility index (Phi) is 4.34. The molecule has 1 aliphatic heterocycles. The van der Waals surface area contributed by atoms with Crippen LogP contribution in [0.5, 0.6) is 0 Å². The molecule has 0 saturated carbocycles. The minimum atomic E-state index is -1.14. The van der Waals surface area contributed by atoms with Crippen LogP contribution in [0.25, 0.3) is 0 Å². The lowest BCUT2D eigenvalue weighted by atomic mass is 10.1. The van der Waals surface area contributed by atoms with Gasteiger partial charge in [-0.2, -0.15) is 0 Å². The maximum atomic E-state index is 14.4. The van der Waals surface area contributed by atoms with E-state index < -0.39 is 11.8 Å². The number of nitrogens with zero attached hydrogens (tertiary/aromatic N) is 2. The van der Waals surface area contributed by atoms with Crippen molar-refractivity contribution >= 4 is 27.6 Å². The molecule has 2 atom stereocenters. The van der Waals surface area contributed by atoms with Gasteiger partial charge in [0.15, 0.2) is 5.82 Å². The van der Waals surface area contributed by atoms with Gasteiger partial charge >= 0.3 is 5.97 Å². The van der Waals surface area contributed by atoms with Crippen molar-refractivity contribution in [2.24, 2.45) is 5.92 Å². The molecule has 1 N–H and O–H groups in total.